The van der Waals surface area contributed by atoms with Crippen molar-refractivity contribution in [1.29, 1.82) is 0 Å². The van der Waals surface area contributed by atoms with Crippen LogP contribution in [0.2, 0.25) is 0 Å². The third-order valence-corrected chi connectivity index (χ3v) is 4.84. The van der Waals surface area contributed by atoms with E-state index in [1.54, 1.807) is 12.1 Å². The molecule has 2 amide bonds. The summed E-state index contributed by atoms with van der Waals surface area (Å²) < 4.78 is 16.5. The molecule has 13 nitrogen and oxygen atoms in total. The molecule has 1 aromatic heterocycles. The van der Waals surface area contributed by atoms with Crippen molar-refractivity contribution in [2.75, 3.05) is 44.1 Å². The Balaban J connectivity index is 2.28. The van der Waals surface area contributed by atoms with Crippen LogP contribution in [0.5, 0.6) is 5.75 Å². The second-order valence-corrected chi connectivity index (χ2v) is 7.36. The van der Waals surface area contributed by atoms with Gasteiger partial charge in [0.2, 0.25) is 0 Å². The largest absolute Gasteiger partial charge is 0.483 e. The SMILES string of the molecule is CCCCn1c(N)c(N(CCOC)C(=O)COC(=O)c2ccccc2OCC(N)=O)c(=O)[nH]c1=O. The zero-order valence-corrected chi connectivity index (χ0v) is 19.6. The molecule has 0 spiro atoms. The smallest absolute Gasteiger partial charge is 0.342 e. The lowest BCUT2D eigenvalue weighted by Crippen LogP contribution is -2.44. The number of rotatable bonds is 13. The molecule has 0 fully saturated rings. The summed E-state index contributed by atoms with van der Waals surface area (Å²) in [6, 6.07) is 5.94. The summed E-state index contributed by atoms with van der Waals surface area (Å²) in [4.78, 5) is 64.5. The number of hydrogen-bond donors (Lipinski definition) is 3. The molecule has 0 aliphatic carbocycles. The fourth-order valence-corrected chi connectivity index (χ4v) is 3.11. The summed E-state index contributed by atoms with van der Waals surface area (Å²) in [6.45, 7) is 0.909. The Hall–Kier alpha value is -4.13. The maximum absolute atomic E-state index is 13.0. The molecule has 1 heterocycles. The predicted molar refractivity (Wildman–Crippen MR) is 126 cm³/mol. The summed E-state index contributed by atoms with van der Waals surface area (Å²) >= 11 is 0. The minimum atomic E-state index is -0.903. The zero-order chi connectivity index (χ0) is 26.0. The van der Waals surface area contributed by atoms with Gasteiger partial charge in [-0.3, -0.25) is 28.8 Å². The van der Waals surface area contributed by atoms with Crippen molar-refractivity contribution in [1.82, 2.24) is 9.55 Å². The first-order valence-corrected chi connectivity index (χ1v) is 10.8. The zero-order valence-electron chi connectivity index (χ0n) is 19.6. The molecule has 5 N–H and O–H groups in total. The minimum Gasteiger partial charge on any atom is -0.483 e. The number of ether oxygens (including phenoxy) is 3. The van der Waals surface area contributed by atoms with Crippen LogP contribution in [-0.4, -0.2) is 60.8 Å². The van der Waals surface area contributed by atoms with E-state index in [1.807, 2.05) is 6.92 Å². The molecule has 0 radical (unpaired) electrons. The highest BCUT2D eigenvalue weighted by Gasteiger charge is 2.25. The van der Waals surface area contributed by atoms with Crippen LogP contribution in [0, 0.1) is 0 Å². The van der Waals surface area contributed by atoms with E-state index in [0.29, 0.717) is 6.42 Å². The number of carbonyl (C=O) groups is 3. The Morgan fingerprint density at radius 1 is 1.14 bits per heavy atom. The molecule has 0 saturated carbocycles. The van der Waals surface area contributed by atoms with E-state index in [4.69, 9.17) is 25.7 Å². The summed E-state index contributed by atoms with van der Waals surface area (Å²) in [5.74, 6) is -2.55. The number of nitrogens with one attached hydrogen (secondary N) is 1. The van der Waals surface area contributed by atoms with Gasteiger partial charge in [0.25, 0.3) is 17.4 Å². The van der Waals surface area contributed by atoms with Crippen LogP contribution < -0.4 is 32.4 Å². The van der Waals surface area contributed by atoms with Crippen LogP contribution in [0.4, 0.5) is 11.5 Å². The van der Waals surface area contributed by atoms with E-state index in [1.165, 1.54) is 23.8 Å². The average Bonchev–Trinajstić information content (AvgIpc) is 2.82. The summed E-state index contributed by atoms with van der Waals surface area (Å²) in [7, 11) is 1.40. The Labute approximate surface area is 200 Å². The number of unbranched alkanes of at least 4 members (excludes halogenated alkanes) is 1. The Bertz CT molecular complexity index is 1170. The minimum absolute atomic E-state index is 0.0320. The van der Waals surface area contributed by atoms with Crippen LogP contribution in [0.1, 0.15) is 30.1 Å². The number of primary amides is 1. The van der Waals surface area contributed by atoms with Crippen molar-refractivity contribution in [2.24, 2.45) is 5.73 Å². The number of nitrogens with two attached hydrogens (primary N) is 2. The molecule has 0 unspecified atom stereocenters. The highest BCUT2D eigenvalue weighted by molar-refractivity contribution is 5.99. The molecule has 2 rings (SSSR count). The van der Waals surface area contributed by atoms with Gasteiger partial charge in [-0.1, -0.05) is 25.5 Å². The number of nitrogen functional groups attached to an aromatic ring is 1. The number of carbonyl (C=O) groups excluding carboxylic acids is 3. The van der Waals surface area contributed by atoms with Crippen molar-refractivity contribution in [3.63, 3.8) is 0 Å². The van der Waals surface area contributed by atoms with Gasteiger partial charge in [0.1, 0.15) is 17.1 Å². The van der Waals surface area contributed by atoms with Gasteiger partial charge in [-0.2, -0.15) is 0 Å². The number of methoxy groups -OCH3 is 1. The number of nitrogens with zero attached hydrogens (tertiary/aromatic N) is 2. The van der Waals surface area contributed by atoms with E-state index in [0.717, 1.165) is 11.3 Å². The maximum Gasteiger partial charge on any atom is 0.342 e. The van der Waals surface area contributed by atoms with E-state index in [9.17, 15) is 24.0 Å². The highest BCUT2D eigenvalue weighted by atomic mass is 16.5. The topological polar surface area (TPSA) is 189 Å². The Morgan fingerprint density at radius 3 is 2.51 bits per heavy atom. The van der Waals surface area contributed by atoms with Crippen molar-refractivity contribution in [3.05, 3.63) is 50.7 Å². The molecule has 35 heavy (non-hydrogen) atoms. The molecule has 0 saturated heterocycles. The number of H-pyrrole nitrogens is 1. The van der Waals surface area contributed by atoms with Crippen molar-refractivity contribution in [3.8, 4) is 5.75 Å². The molecule has 0 aliphatic rings. The van der Waals surface area contributed by atoms with Crippen molar-refractivity contribution in [2.45, 2.75) is 26.3 Å². The number of aromatic amines is 1. The normalized spacial score (nSPS) is 10.6. The molecule has 0 bridgehead atoms. The lowest BCUT2D eigenvalue weighted by molar-refractivity contribution is -0.122. The van der Waals surface area contributed by atoms with E-state index < -0.39 is 42.2 Å². The monoisotopic (exact) mass is 491 g/mol. The number of amides is 2. The van der Waals surface area contributed by atoms with Gasteiger partial charge < -0.3 is 25.7 Å². The maximum atomic E-state index is 13.0. The van der Waals surface area contributed by atoms with E-state index in [-0.39, 0.29) is 42.5 Å². The fraction of sp³-hybridized carbons (Fsp3) is 0.409. The molecule has 1 aromatic carbocycles. The van der Waals surface area contributed by atoms with Crippen molar-refractivity contribution < 1.29 is 28.6 Å². The fourth-order valence-electron chi connectivity index (χ4n) is 3.11. The number of hydrogen-bond acceptors (Lipinski definition) is 9. The van der Waals surface area contributed by atoms with E-state index >= 15 is 0 Å². The first-order valence-electron chi connectivity index (χ1n) is 10.8. The van der Waals surface area contributed by atoms with Gasteiger partial charge in [0, 0.05) is 20.2 Å². The third kappa shape index (κ3) is 7.17. The lowest BCUT2D eigenvalue weighted by Gasteiger charge is -2.24. The highest BCUT2D eigenvalue weighted by Crippen LogP contribution is 2.20. The van der Waals surface area contributed by atoms with Crippen molar-refractivity contribution >= 4 is 29.3 Å². The van der Waals surface area contributed by atoms with Crippen LogP contribution in [-0.2, 0) is 25.6 Å². The third-order valence-electron chi connectivity index (χ3n) is 4.84. The quantitative estimate of drug-likeness (QED) is 0.314. The van der Waals surface area contributed by atoms with Crippen LogP contribution >= 0.6 is 0 Å². The number of esters is 1. The second kappa shape index (κ2) is 12.9. The molecule has 0 aliphatic heterocycles. The lowest BCUT2D eigenvalue weighted by atomic mass is 10.2. The van der Waals surface area contributed by atoms with Gasteiger partial charge in [0.15, 0.2) is 18.9 Å². The number of anilines is 2. The molecular formula is C22H29N5O8. The van der Waals surface area contributed by atoms with Gasteiger partial charge in [-0.25, -0.2) is 9.59 Å². The molecule has 13 heteroatoms. The molecular weight excluding hydrogens is 462 g/mol. The molecule has 2 aromatic rings. The predicted octanol–water partition coefficient (Wildman–Crippen LogP) is -0.381. The van der Waals surface area contributed by atoms with Gasteiger partial charge in [-0.05, 0) is 18.6 Å². The average molecular weight is 492 g/mol. The summed E-state index contributed by atoms with van der Waals surface area (Å²) in [6.07, 6.45) is 1.39. The number of aromatic nitrogens is 2. The number of benzene rings is 1. The Morgan fingerprint density at radius 2 is 1.86 bits per heavy atom. The summed E-state index contributed by atoms with van der Waals surface area (Å²) in [5.41, 5.74) is 9.34. The van der Waals surface area contributed by atoms with Crippen LogP contribution in [0.15, 0.2) is 33.9 Å². The summed E-state index contributed by atoms with van der Waals surface area (Å²) in [5, 5.41) is 0. The van der Waals surface area contributed by atoms with Gasteiger partial charge in [0.05, 0.1) is 6.61 Å². The Kier molecular flexibility index (Phi) is 10.0. The second-order valence-electron chi connectivity index (χ2n) is 7.36. The first kappa shape index (κ1) is 27.1. The number of para-hydroxylation sites is 1. The molecule has 0 atom stereocenters. The van der Waals surface area contributed by atoms with Crippen LogP contribution in [0.25, 0.3) is 0 Å². The first-order chi connectivity index (χ1) is 16.7. The van der Waals surface area contributed by atoms with Crippen LogP contribution in [0.3, 0.4) is 0 Å². The standard InChI is InChI=1S/C22H29N5O8/c1-3-4-9-27-19(24)18(20(30)25-22(27)32)26(10-11-33-2)17(29)13-35-21(31)14-7-5-6-8-15(14)34-12-16(23)28/h5-8H,3-4,9-13,24H2,1-2H3,(H2,23,28)(H,25,30,32). The van der Waals surface area contributed by atoms with Gasteiger partial charge >= 0.3 is 11.7 Å². The molecule has 190 valence electrons. The van der Waals surface area contributed by atoms with Gasteiger partial charge in [-0.15, -0.1) is 0 Å². The van der Waals surface area contributed by atoms with E-state index in [2.05, 4.69) is 4.98 Å².